The average Bonchev–Trinajstić information content (AvgIpc) is 2.97. The van der Waals surface area contributed by atoms with Crippen molar-refractivity contribution in [2.24, 2.45) is 5.73 Å². The number of H-pyrrole nitrogens is 1. The largest absolute Gasteiger partial charge is 0.382 e. The zero-order valence-corrected chi connectivity index (χ0v) is 12.9. The van der Waals surface area contributed by atoms with E-state index in [0.717, 1.165) is 5.56 Å². The fraction of sp³-hybridized carbons (Fsp3) is 0.143. The molecule has 0 unspecified atom stereocenters. The van der Waals surface area contributed by atoms with E-state index in [-0.39, 0.29) is 30.1 Å². The third kappa shape index (κ3) is 3.74. The molecular weight excluding hydrogens is 318 g/mol. The number of aromatic nitrogens is 4. The van der Waals surface area contributed by atoms with Crippen molar-refractivity contribution in [1.82, 2.24) is 19.9 Å². The summed E-state index contributed by atoms with van der Waals surface area (Å²) in [4.78, 5) is 27.0. The third-order valence-corrected chi connectivity index (χ3v) is 3.18. The topological polar surface area (TPSA) is 136 Å². The van der Waals surface area contributed by atoms with Gasteiger partial charge in [-0.15, -0.1) is 12.4 Å². The summed E-state index contributed by atoms with van der Waals surface area (Å²) in [5, 5.41) is 2.56. The molecule has 0 radical (unpaired) electrons. The van der Waals surface area contributed by atoms with E-state index in [4.69, 9.17) is 11.5 Å². The van der Waals surface area contributed by atoms with Crippen LogP contribution in [-0.4, -0.2) is 31.9 Å². The van der Waals surface area contributed by atoms with Crippen LogP contribution in [0, 0.1) is 0 Å². The van der Waals surface area contributed by atoms with E-state index in [1.165, 1.54) is 6.33 Å². The number of halogens is 1. The predicted octanol–water partition coefficient (Wildman–Crippen LogP) is 0.865. The first-order valence-corrected chi connectivity index (χ1v) is 6.70. The van der Waals surface area contributed by atoms with Gasteiger partial charge in [0.1, 0.15) is 5.52 Å². The van der Waals surface area contributed by atoms with E-state index in [0.29, 0.717) is 17.6 Å². The third-order valence-electron chi connectivity index (χ3n) is 3.18. The summed E-state index contributed by atoms with van der Waals surface area (Å²) in [6, 6.07) is 8.83. The van der Waals surface area contributed by atoms with Crippen molar-refractivity contribution in [3.05, 3.63) is 42.2 Å². The number of nitrogens with zero attached hydrogens (tertiary/aromatic N) is 3. The van der Waals surface area contributed by atoms with E-state index >= 15 is 0 Å². The number of carbonyl (C=O) groups excluding carboxylic acids is 1. The van der Waals surface area contributed by atoms with Crippen LogP contribution in [0.5, 0.6) is 0 Å². The Hall–Kier alpha value is -2.71. The quantitative estimate of drug-likeness (QED) is 0.559. The Bertz CT molecular complexity index is 805. The van der Waals surface area contributed by atoms with Gasteiger partial charge < -0.3 is 16.5 Å². The first-order valence-electron chi connectivity index (χ1n) is 6.70. The van der Waals surface area contributed by atoms with Gasteiger partial charge in [-0.2, -0.15) is 9.97 Å². The Morgan fingerprint density at radius 2 is 2.00 bits per heavy atom. The molecule has 8 nitrogen and oxygen atoms in total. The minimum Gasteiger partial charge on any atom is -0.382 e. The lowest BCUT2D eigenvalue weighted by molar-refractivity contribution is -0.117. The molecule has 2 aromatic heterocycles. The summed E-state index contributed by atoms with van der Waals surface area (Å²) in [5.74, 6) is -0.0711. The van der Waals surface area contributed by atoms with Crippen molar-refractivity contribution in [1.29, 1.82) is 0 Å². The van der Waals surface area contributed by atoms with Crippen LogP contribution in [0.4, 0.5) is 11.8 Å². The maximum absolute atomic E-state index is 12.1. The summed E-state index contributed by atoms with van der Waals surface area (Å²) in [7, 11) is 0. The molecule has 23 heavy (non-hydrogen) atoms. The number of anilines is 2. The Labute approximate surface area is 138 Å². The van der Waals surface area contributed by atoms with Crippen LogP contribution in [0.25, 0.3) is 11.2 Å². The zero-order chi connectivity index (χ0) is 15.5. The number of carbonyl (C=O) groups is 1. The van der Waals surface area contributed by atoms with Crippen molar-refractivity contribution in [3.8, 4) is 0 Å². The number of nitrogen functional groups attached to an aromatic ring is 1. The van der Waals surface area contributed by atoms with Gasteiger partial charge in [0, 0.05) is 0 Å². The zero-order valence-electron chi connectivity index (χ0n) is 12.1. The lowest BCUT2D eigenvalue weighted by atomic mass is 10.1. The van der Waals surface area contributed by atoms with E-state index < -0.39 is 6.04 Å². The van der Waals surface area contributed by atoms with Crippen molar-refractivity contribution >= 4 is 41.2 Å². The maximum atomic E-state index is 12.1. The van der Waals surface area contributed by atoms with Crippen LogP contribution in [0.3, 0.4) is 0 Å². The van der Waals surface area contributed by atoms with Crippen LogP contribution < -0.4 is 16.8 Å². The molecule has 2 heterocycles. The van der Waals surface area contributed by atoms with Gasteiger partial charge >= 0.3 is 0 Å². The highest BCUT2D eigenvalue weighted by Gasteiger charge is 2.16. The molecule has 1 atom stereocenters. The first kappa shape index (κ1) is 16.7. The van der Waals surface area contributed by atoms with Gasteiger partial charge in [-0.1, -0.05) is 30.3 Å². The van der Waals surface area contributed by atoms with Gasteiger partial charge in [0.05, 0.1) is 12.4 Å². The Morgan fingerprint density at radius 1 is 1.26 bits per heavy atom. The molecule has 0 aliphatic carbocycles. The SMILES string of the molecule is Cl.Nc1nc(NC(=O)[C@@H](N)Cc2ccccc2)nc2nc[nH]c12. The van der Waals surface area contributed by atoms with E-state index in [1.54, 1.807) is 0 Å². The number of rotatable bonds is 4. The molecule has 3 rings (SSSR count). The second-order valence-electron chi connectivity index (χ2n) is 4.82. The van der Waals surface area contributed by atoms with Gasteiger partial charge in [0.2, 0.25) is 11.9 Å². The van der Waals surface area contributed by atoms with Crippen LogP contribution in [0.15, 0.2) is 36.7 Å². The average molecular weight is 334 g/mol. The van der Waals surface area contributed by atoms with E-state index in [1.807, 2.05) is 30.3 Å². The highest BCUT2D eigenvalue weighted by Crippen LogP contribution is 2.15. The first-order chi connectivity index (χ1) is 10.6. The molecule has 120 valence electrons. The molecule has 9 heteroatoms. The predicted molar refractivity (Wildman–Crippen MR) is 90.1 cm³/mol. The Kier molecular flexibility index (Phi) is 5.09. The molecular formula is C14H16ClN7O. The summed E-state index contributed by atoms with van der Waals surface area (Å²) in [6.07, 6.45) is 1.88. The second kappa shape index (κ2) is 7.03. The molecule has 0 spiro atoms. The standard InChI is InChI=1S/C14H15N7O.ClH/c15-9(6-8-4-2-1-3-5-8)13(22)21-14-19-11(16)10-12(20-14)18-7-17-10;/h1-5,7,9H,6,15H2,(H4,16,17,18,19,20,21,22);1H/t9-;/m0./s1. The summed E-state index contributed by atoms with van der Waals surface area (Å²) < 4.78 is 0. The summed E-state index contributed by atoms with van der Waals surface area (Å²) in [5.41, 5.74) is 13.6. The highest BCUT2D eigenvalue weighted by atomic mass is 35.5. The minimum absolute atomic E-state index is 0. The molecule has 0 bridgehead atoms. The highest BCUT2D eigenvalue weighted by molar-refractivity contribution is 5.94. The lowest BCUT2D eigenvalue weighted by Gasteiger charge is -2.11. The van der Waals surface area contributed by atoms with Gasteiger partial charge in [-0.3, -0.25) is 10.1 Å². The van der Waals surface area contributed by atoms with Gasteiger partial charge in [0.15, 0.2) is 11.5 Å². The monoisotopic (exact) mass is 333 g/mol. The van der Waals surface area contributed by atoms with Crippen molar-refractivity contribution in [2.75, 3.05) is 11.1 Å². The normalized spacial score (nSPS) is 11.7. The van der Waals surface area contributed by atoms with Crippen LogP contribution in [0.2, 0.25) is 0 Å². The Balaban J connectivity index is 0.00000192. The van der Waals surface area contributed by atoms with Crippen LogP contribution >= 0.6 is 12.4 Å². The van der Waals surface area contributed by atoms with Gasteiger partial charge in [-0.25, -0.2) is 4.98 Å². The number of hydrogen-bond donors (Lipinski definition) is 4. The number of benzene rings is 1. The number of nitrogens with one attached hydrogen (secondary N) is 2. The molecule has 6 N–H and O–H groups in total. The number of amides is 1. The van der Waals surface area contributed by atoms with Crippen LogP contribution in [-0.2, 0) is 11.2 Å². The van der Waals surface area contributed by atoms with E-state index in [2.05, 4.69) is 25.3 Å². The lowest BCUT2D eigenvalue weighted by Crippen LogP contribution is -2.37. The van der Waals surface area contributed by atoms with Crippen molar-refractivity contribution in [2.45, 2.75) is 12.5 Å². The molecule has 0 aliphatic heterocycles. The number of fused-ring (bicyclic) bond motifs is 1. The number of aromatic amines is 1. The molecule has 0 saturated heterocycles. The summed E-state index contributed by atoms with van der Waals surface area (Å²) >= 11 is 0. The number of imidazole rings is 1. The Morgan fingerprint density at radius 3 is 2.74 bits per heavy atom. The van der Waals surface area contributed by atoms with Gasteiger partial charge in [-0.05, 0) is 12.0 Å². The fourth-order valence-corrected chi connectivity index (χ4v) is 2.08. The van der Waals surface area contributed by atoms with E-state index in [9.17, 15) is 4.79 Å². The molecule has 0 fully saturated rings. The molecule has 3 aromatic rings. The fourth-order valence-electron chi connectivity index (χ4n) is 2.08. The van der Waals surface area contributed by atoms with Crippen molar-refractivity contribution < 1.29 is 4.79 Å². The molecule has 0 aliphatic rings. The number of hydrogen-bond acceptors (Lipinski definition) is 6. The second-order valence-corrected chi connectivity index (χ2v) is 4.82. The maximum Gasteiger partial charge on any atom is 0.243 e. The minimum atomic E-state index is -0.706. The van der Waals surface area contributed by atoms with Gasteiger partial charge in [0.25, 0.3) is 0 Å². The summed E-state index contributed by atoms with van der Waals surface area (Å²) in [6.45, 7) is 0. The number of nitrogens with two attached hydrogens (primary N) is 2. The van der Waals surface area contributed by atoms with Crippen molar-refractivity contribution in [3.63, 3.8) is 0 Å². The van der Waals surface area contributed by atoms with Crippen LogP contribution in [0.1, 0.15) is 5.56 Å². The molecule has 1 aromatic carbocycles. The smallest absolute Gasteiger partial charge is 0.243 e. The molecule has 1 amide bonds. The molecule has 0 saturated carbocycles.